The second-order valence-corrected chi connectivity index (χ2v) is 10.5. The molecule has 0 aliphatic carbocycles. The standard InChI is InChI=1S/C29H32N4O4/c1-20-5-3-4-6-24(20)31-11-13-32(14-12-31)25-9-8-22(28(35)33-16-29(17-33)18-36-19-29)15-23(25)30-27(34)26-10-7-21(2)37-26/h3-10,15H,11-14,16-19H2,1-2H3,(H,30,34). The van der Waals surface area contributed by atoms with E-state index in [1.165, 1.54) is 11.3 Å². The molecular weight excluding hydrogens is 468 g/mol. The zero-order chi connectivity index (χ0) is 25.6. The van der Waals surface area contributed by atoms with Gasteiger partial charge >= 0.3 is 0 Å². The van der Waals surface area contributed by atoms with Crippen molar-refractivity contribution in [2.75, 3.05) is 67.6 Å². The van der Waals surface area contributed by atoms with Gasteiger partial charge < -0.3 is 29.2 Å². The summed E-state index contributed by atoms with van der Waals surface area (Å²) in [6.45, 7) is 10.2. The molecule has 2 aromatic carbocycles. The normalized spacial score (nSPS) is 18.4. The van der Waals surface area contributed by atoms with E-state index in [0.717, 1.165) is 58.2 Å². The number of furan rings is 1. The fraction of sp³-hybridized carbons (Fsp3) is 0.379. The fourth-order valence-corrected chi connectivity index (χ4v) is 5.55. The van der Waals surface area contributed by atoms with Crippen molar-refractivity contribution in [3.05, 3.63) is 77.2 Å². The van der Waals surface area contributed by atoms with Crippen LogP contribution in [-0.4, -0.2) is 69.2 Å². The van der Waals surface area contributed by atoms with Gasteiger partial charge in [0.25, 0.3) is 11.8 Å². The molecule has 1 aromatic heterocycles. The molecule has 1 spiro atoms. The minimum atomic E-state index is -0.327. The van der Waals surface area contributed by atoms with Crippen LogP contribution in [0.4, 0.5) is 17.1 Å². The van der Waals surface area contributed by atoms with Crippen LogP contribution in [0.15, 0.2) is 59.0 Å². The predicted octanol–water partition coefficient (Wildman–Crippen LogP) is 3.95. The number of likely N-dealkylation sites (tertiary alicyclic amines) is 1. The fourth-order valence-electron chi connectivity index (χ4n) is 5.55. The monoisotopic (exact) mass is 500 g/mol. The van der Waals surface area contributed by atoms with Crippen LogP contribution < -0.4 is 15.1 Å². The number of nitrogens with zero attached hydrogens (tertiary/aromatic N) is 3. The molecule has 3 aromatic rings. The summed E-state index contributed by atoms with van der Waals surface area (Å²) < 4.78 is 10.9. The minimum Gasteiger partial charge on any atom is -0.456 e. The zero-order valence-corrected chi connectivity index (χ0v) is 21.3. The van der Waals surface area contributed by atoms with Crippen LogP contribution >= 0.6 is 0 Å². The summed E-state index contributed by atoms with van der Waals surface area (Å²) in [5.74, 6) is 0.581. The van der Waals surface area contributed by atoms with Crippen molar-refractivity contribution in [1.29, 1.82) is 0 Å². The molecule has 6 rings (SSSR count). The van der Waals surface area contributed by atoms with E-state index in [-0.39, 0.29) is 23.0 Å². The van der Waals surface area contributed by atoms with E-state index in [1.54, 1.807) is 18.2 Å². The molecule has 3 aliphatic heterocycles. The van der Waals surface area contributed by atoms with E-state index < -0.39 is 0 Å². The molecule has 37 heavy (non-hydrogen) atoms. The first kappa shape index (κ1) is 23.6. The van der Waals surface area contributed by atoms with Crippen LogP contribution in [0.1, 0.15) is 32.2 Å². The lowest BCUT2D eigenvalue weighted by Gasteiger charge is -2.54. The first-order chi connectivity index (χ1) is 17.9. The molecule has 1 N–H and O–H groups in total. The van der Waals surface area contributed by atoms with Crippen LogP contribution in [-0.2, 0) is 4.74 Å². The van der Waals surface area contributed by atoms with Crippen LogP contribution in [0.25, 0.3) is 0 Å². The number of para-hydroxylation sites is 1. The lowest BCUT2D eigenvalue weighted by molar-refractivity contribution is -0.176. The number of ether oxygens (including phenoxy) is 1. The van der Waals surface area contributed by atoms with Gasteiger partial charge in [-0.1, -0.05) is 18.2 Å². The molecule has 0 unspecified atom stereocenters. The third-order valence-electron chi connectivity index (χ3n) is 7.69. The largest absolute Gasteiger partial charge is 0.456 e. The summed E-state index contributed by atoms with van der Waals surface area (Å²) in [4.78, 5) is 32.8. The maximum atomic E-state index is 13.2. The van der Waals surface area contributed by atoms with Crippen molar-refractivity contribution in [2.24, 2.45) is 5.41 Å². The van der Waals surface area contributed by atoms with Crippen LogP contribution in [0.5, 0.6) is 0 Å². The van der Waals surface area contributed by atoms with E-state index in [2.05, 4.69) is 46.3 Å². The Balaban J connectivity index is 1.23. The number of carbonyl (C=O) groups excluding carboxylic acids is 2. The van der Waals surface area contributed by atoms with Crippen LogP contribution in [0.3, 0.4) is 0 Å². The van der Waals surface area contributed by atoms with Gasteiger partial charge in [0, 0.05) is 50.5 Å². The molecule has 0 atom stereocenters. The van der Waals surface area contributed by atoms with Crippen molar-refractivity contribution in [3.8, 4) is 0 Å². The highest BCUT2D eigenvalue weighted by atomic mass is 16.5. The van der Waals surface area contributed by atoms with E-state index in [4.69, 9.17) is 9.15 Å². The molecule has 8 nitrogen and oxygen atoms in total. The second-order valence-electron chi connectivity index (χ2n) is 10.5. The Morgan fingerprint density at radius 2 is 1.57 bits per heavy atom. The highest BCUT2D eigenvalue weighted by molar-refractivity contribution is 6.05. The first-order valence-electron chi connectivity index (χ1n) is 12.9. The minimum absolute atomic E-state index is 0.0159. The Morgan fingerprint density at radius 1 is 0.865 bits per heavy atom. The Labute approximate surface area is 216 Å². The van der Waals surface area contributed by atoms with Gasteiger partial charge in [-0.2, -0.15) is 0 Å². The molecule has 2 amide bonds. The van der Waals surface area contributed by atoms with Gasteiger partial charge in [0.2, 0.25) is 0 Å². The summed E-state index contributed by atoms with van der Waals surface area (Å²) >= 11 is 0. The maximum absolute atomic E-state index is 13.2. The molecule has 8 heteroatoms. The van der Waals surface area contributed by atoms with Gasteiger partial charge in [-0.25, -0.2) is 0 Å². The predicted molar refractivity (Wildman–Crippen MR) is 143 cm³/mol. The Bertz CT molecular complexity index is 1330. The summed E-state index contributed by atoms with van der Waals surface area (Å²) in [6.07, 6.45) is 0. The topological polar surface area (TPSA) is 78.3 Å². The molecule has 0 bridgehead atoms. The summed E-state index contributed by atoms with van der Waals surface area (Å²) in [6, 6.07) is 17.5. The number of anilines is 3. The maximum Gasteiger partial charge on any atom is 0.291 e. The SMILES string of the molecule is Cc1ccc(C(=O)Nc2cc(C(=O)N3CC4(COC4)C3)ccc2N2CCN(c3ccccc3C)CC2)o1. The van der Waals surface area contributed by atoms with Crippen molar-refractivity contribution < 1.29 is 18.7 Å². The van der Waals surface area contributed by atoms with Crippen LogP contribution in [0, 0.1) is 19.3 Å². The highest BCUT2D eigenvalue weighted by Crippen LogP contribution is 2.39. The van der Waals surface area contributed by atoms with Gasteiger partial charge in [-0.15, -0.1) is 0 Å². The van der Waals surface area contributed by atoms with Gasteiger partial charge in [0.05, 0.1) is 30.0 Å². The highest BCUT2D eigenvalue weighted by Gasteiger charge is 2.50. The average Bonchev–Trinajstić information content (AvgIpc) is 3.29. The number of benzene rings is 2. The molecule has 4 heterocycles. The summed E-state index contributed by atoms with van der Waals surface area (Å²) in [7, 11) is 0. The van der Waals surface area contributed by atoms with Gasteiger partial charge in [-0.3, -0.25) is 9.59 Å². The van der Waals surface area contributed by atoms with E-state index in [9.17, 15) is 9.59 Å². The Kier molecular flexibility index (Phi) is 5.91. The van der Waals surface area contributed by atoms with Gasteiger partial charge in [0.1, 0.15) is 5.76 Å². The third kappa shape index (κ3) is 4.46. The number of aryl methyl sites for hydroxylation is 2. The van der Waals surface area contributed by atoms with E-state index >= 15 is 0 Å². The quantitative estimate of drug-likeness (QED) is 0.572. The summed E-state index contributed by atoms with van der Waals surface area (Å²) in [5.41, 5.74) is 4.78. The van der Waals surface area contributed by atoms with Crippen molar-refractivity contribution in [1.82, 2.24) is 4.90 Å². The number of amides is 2. The lowest BCUT2D eigenvalue weighted by atomic mass is 9.78. The molecular formula is C29H32N4O4. The number of nitrogens with one attached hydrogen (secondary N) is 1. The van der Waals surface area contributed by atoms with Gasteiger partial charge in [0.15, 0.2) is 5.76 Å². The first-order valence-corrected chi connectivity index (χ1v) is 12.9. The van der Waals surface area contributed by atoms with E-state index in [0.29, 0.717) is 17.0 Å². The molecule has 3 fully saturated rings. The van der Waals surface area contributed by atoms with Crippen LogP contribution in [0.2, 0.25) is 0 Å². The number of piperazine rings is 1. The Hall–Kier alpha value is -3.78. The summed E-state index contributed by atoms with van der Waals surface area (Å²) in [5, 5.41) is 3.02. The number of carbonyl (C=O) groups is 2. The zero-order valence-electron chi connectivity index (χ0n) is 21.3. The van der Waals surface area contributed by atoms with Crippen molar-refractivity contribution in [2.45, 2.75) is 13.8 Å². The lowest BCUT2D eigenvalue weighted by Crippen LogP contribution is -2.67. The smallest absolute Gasteiger partial charge is 0.291 e. The van der Waals surface area contributed by atoms with Crippen molar-refractivity contribution >= 4 is 28.9 Å². The number of hydrogen-bond donors (Lipinski definition) is 1. The average molecular weight is 501 g/mol. The van der Waals surface area contributed by atoms with Gasteiger partial charge in [-0.05, 0) is 55.8 Å². The molecule has 3 saturated heterocycles. The molecule has 192 valence electrons. The second kappa shape index (κ2) is 9.27. The third-order valence-corrected chi connectivity index (χ3v) is 7.69. The molecule has 0 radical (unpaired) electrons. The number of rotatable bonds is 5. The Morgan fingerprint density at radius 3 is 2.19 bits per heavy atom. The van der Waals surface area contributed by atoms with E-state index in [1.807, 2.05) is 24.0 Å². The number of hydrogen-bond acceptors (Lipinski definition) is 6. The molecule has 3 aliphatic rings. The molecule has 0 saturated carbocycles. The van der Waals surface area contributed by atoms with Crippen molar-refractivity contribution in [3.63, 3.8) is 0 Å².